The molecule has 28 heavy (non-hydrogen) atoms. The second-order valence-electron chi connectivity index (χ2n) is 5.43. The highest BCUT2D eigenvalue weighted by molar-refractivity contribution is 7.39. The Bertz CT molecular complexity index is 693. The Kier molecular flexibility index (Phi) is 11.3. The van der Waals surface area contributed by atoms with Crippen LogP contribution >= 0.6 is 8.60 Å². The van der Waals surface area contributed by atoms with Gasteiger partial charge in [-0.2, -0.15) is 9.94 Å². The van der Waals surface area contributed by atoms with Gasteiger partial charge < -0.3 is 24.2 Å². The molecule has 1 rings (SSSR count). The lowest BCUT2D eigenvalue weighted by molar-refractivity contribution is -0.221. The fraction of sp³-hybridized carbons (Fsp3) is 0.444. The Balaban J connectivity index is 2.78. The molecule has 0 amide bonds. The second-order valence-corrected chi connectivity index (χ2v) is 6.09. The van der Waals surface area contributed by atoms with Crippen LogP contribution in [0.25, 0.3) is 0 Å². The number of allylic oxidation sites excluding steroid dienone is 6. The minimum atomic E-state index is -2.54. The van der Waals surface area contributed by atoms with E-state index < -0.39 is 14.6 Å². The molecule has 0 aromatic heterocycles. The fourth-order valence-corrected chi connectivity index (χ4v) is 2.58. The smallest absolute Gasteiger partial charge is 0.357 e. The molecule has 0 unspecified atom stereocenters. The molecule has 1 heterocycles. The van der Waals surface area contributed by atoms with Gasteiger partial charge in [-0.05, 0) is 39.0 Å². The summed E-state index contributed by atoms with van der Waals surface area (Å²) in [4.78, 5) is 35.6. The van der Waals surface area contributed by atoms with Crippen molar-refractivity contribution in [3.05, 3.63) is 46.8 Å². The van der Waals surface area contributed by atoms with E-state index in [1.807, 2.05) is 37.0 Å². The highest BCUT2D eigenvalue weighted by atomic mass is 31.2. The van der Waals surface area contributed by atoms with Crippen LogP contribution in [0.5, 0.6) is 0 Å². The molecule has 1 aliphatic rings. The molecule has 2 N–H and O–H groups in total. The quantitative estimate of drug-likeness (QED) is 0.100. The van der Waals surface area contributed by atoms with E-state index in [0.29, 0.717) is 18.7 Å². The Morgan fingerprint density at radius 1 is 1.32 bits per heavy atom. The summed E-state index contributed by atoms with van der Waals surface area (Å²) in [6.45, 7) is 6.81. The highest BCUT2D eigenvalue weighted by Crippen LogP contribution is 2.26. The number of carbonyl (C=O) groups excluding carboxylic acids is 1. The third kappa shape index (κ3) is 7.90. The summed E-state index contributed by atoms with van der Waals surface area (Å²) >= 11 is 0. The predicted molar refractivity (Wildman–Crippen MR) is 102 cm³/mol. The first-order valence-corrected chi connectivity index (χ1v) is 9.78. The maximum atomic E-state index is 12.0. The van der Waals surface area contributed by atoms with E-state index in [9.17, 15) is 10.1 Å². The summed E-state index contributed by atoms with van der Waals surface area (Å²) < 4.78 is 14.6. The first-order valence-electron chi connectivity index (χ1n) is 8.61. The van der Waals surface area contributed by atoms with Gasteiger partial charge in [0.2, 0.25) is 0 Å². The van der Waals surface area contributed by atoms with E-state index in [1.54, 1.807) is 19.1 Å². The Hall–Kier alpha value is -2.05. The van der Waals surface area contributed by atoms with E-state index in [-0.39, 0.29) is 25.4 Å². The van der Waals surface area contributed by atoms with E-state index in [1.165, 1.54) is 0 Å². The van der Waals surface area contributed by atoms with Crippen molar-refractivity contribution < 1.29 is 33.6 Å². The van der Waals surface area contributed by atoms with Crippen LogP contribution in [0.3, 0.4) is 0 Å². The minimum Gasteiger partial charge on any atom is -0.462 e. The first kappa shape index (κ1) is 24.0. The Morgan fingerprint density at radius 2 is 2.07 bits per heavy atom. The number of carbonyl (C=O) groups is 1. The van der Waals surface area contributed by atoms with Gasteiger partial charge in [0, 0.05) is 23.5 Å². The lowest BCUT2D eigenvalue weighted by atomic mass is 10.0. The van der Waals surface area contributed by atoms with Crippen LogP contribution in [0.15, 0.2) is 46.8 Å². The molecule has 0 bridgehead atoms. The summed E-state index contributed by atoms with van der Waals surface area (Å²) in [6, 6.07) is 1.92. The standard InChI is InChI=1S/C18H25N2O7P/c1-4-6-16-12-15(17(13-19)18(21)25-5-2)11-14(3)20(16)7-8-24-9-10-26-27-28(22)23/h4,6,11-12,22-23H,5,7-10H2,1-3H3/b6-4+,17-15-. The third-order valence-electron chi connectivity index (χ3n) is 3.51. The average molecular weight is 412 g/mol. The number of esters is 1. The number of nitrogens with zero attached hydrogens (tertiary/aromatic N) is 2. The maximum absolute atomic E-state index is 12.0. The third-order valence-corrected chi connectivity index (χ3v) is 3.75. The number of hydrogen-bond acceptors (Lipinski definition) is 9. The molecule has 0 radical (unpaired) electrons. The van der Waals surface area contributed by atoms with Gasteiger partial charge in [0.05, 0.1) is 19.8 Å². The lowest BCUT2D eigenvalue weighted by Gasteiger charge is -2.30. The zero-order valence-electron chi connectivity index (χ0n) is 16.1. The summed E-state index contributed by atoms with van der Waals surface area (Å²) in [7, 11) is -2.54. The molecule has 0 saturated heterocycles. The molecule has 0 spiro atoms. The molecule has 0 fully saturated rings. The van der Waals surface area contributed by atoms with Crippen LogP contribution in [-0.2, 0) is 23.8 Å². The van der Waals surface area contributed by atoms with Crippen molar-refractivity contribution in [2.45, 2.75) is 20.8 Å². The molecule has 154 valence electrons. The van der Waals surface area contributed by atoms with Crippen LogP contribution in [0.4, 0.5) is 0 Å². The van der Waals surface area contributed by atoms with Gasteiger partial charge >= 0.3 is 14.6 Å². The van der Waals surface area contributed by atoms with Gasteiger partial charge in [-0.15, -0.1) is 0 Å². The molecule has 10 heteroatoms. The number of hydrogen-bond donors (Lipinski definition) is 2. The van der Waals surface area contributed by atoms with Gasteiger partial charge in [0.15, 0.2) is 0 Å². The van der Waals surface area contributed by atoms with Crippen LogP contribution in [0.2, 0.25) is 0 Å². The van der Waals surface area contributed by atoms with Gasteiger partial charge in [-0.3, -0.25) is 0 Å². The van der Waals surface area contributed by atoms with Crippen molar-refractivity contribution >= 4 is 14.6 Å². The van der Waals surface area contributed by atoms with E-state index >= 15 is 0 Å². The normalized spacial score (nSPS) is 16.1. The summed E-state index contributed by atoms with van der Waals surface area (Å²) in [5.41, 5.74) is 2.11. The molecular formula is C18H25N2O7P. The van der Waals surface area contributed by atoms with Crippen LogP contribution in [-0.4, -0.2) is 53.6 Å². The van der Waals surface area contributed by atoms with Gasteiger partial charge in [-0.1, -0.05) is 6.08 Å². The monoisotopic (exact) mass is 412 g/mol. The van der Waals surface area contributed by atoms with Crippen molar-refractivity contribution in [2.24, 2.45) is 0 Å². The molecular weight excluding hydrogens is 387 g/mol. The molecule has 0 aliphatic carbocycles. The van der Waals surface area contributed by atoms with E-state index in [2.05, 4.69) is 9.56 Å². The average Bonchev–Trinajstić information content (AvgIpc) is 2.63. The fourth-order valence-electron chi connectivity index (χ4n) is 2.41. The van der Waals surface area contributed by atoms with Crippen molar-refractivity contribution in [1.82, 2.24) is 4.90 Å². The van der Waals surface area contributed by atoms with Crippen molar-refractivity contribution in [2.75, 3.05) is 33.0 Å². The minimum absolute atomic E-state index is 0.0380. The molecule has 1 aliphatic heterocycles. The van der Waals surface area contributed by atoms with Crippen molar-refractivity contribution in [3.8, 4) is 6.07 Å². The Labute approximate surface area is 165 Å². The summed E-state index contributed by atoms with van der Waals surface area (Å²) in [5, 5.41) is 9.35. The zero-order chi connectivity index (χ0) is 20.9. The largest absolute Gasteiger partial charge is 0.462 e. The topological polar surface area (TPSA) is 121 Å². The zero-order valence-corrected chi connectivity index (χ0v) is 17.0. The first-order chi connectivity index (χ1) is 13.4. The van der Waals surface area contributed by atoms with Crippen molar-refractivity contribution in [1.29, 1.82) is 5.26 Å². The molecule has 9 nitrogen and oxygen atoms in total. The highest BCUT2D eigenvalue weighted by Gasteiger charge is 2.20. The lowest BCUT2D eigenvalue weighted by Crippen LogP contribution is -2.27. The predicted octanol–water partition coefficient (Wildman–Crippen LogP) is 2.23. The maximum Gasteiger partial charge on any atom is 0.357 e. The summed E-state index contributed by atoms with van der Waals surface area (Å²) in [6.07, 6.45) is 7.24. The summed E-state index contributed by atoms with van der Waals surface area (Å²) in [5.74, 6) is -0.645. The molecule has 0 aromatic rings. The van der Waals surface area contributed by atoms with Gasteiger partial charge in [-0.25, -0.2) is 9.68 Å². The SMILES string of the molecule is C/C=C/C1=CC(=C(/C#N)C(=O)OCC)/C=C(C)N1CCOCCOOP(O)O. The van der Waals surface area contributed by atoms with E-state index in [4.69, 9.17) is 19.3 Å². The number of ether oxygens (including phenoxy) is 2. The molecule has 0 saturated carbocycles. The van der Waals surface area contributed by atoms with Crippen molar-refractivity contribution in [3.63, 3.8) is 0 Å². The Morgan fingerprint density at radius 3 is 2.68 bits per heavy atom. The number of nitriles is 1. The number of rotatable bonds is 11. The molecule has 0 atom stereocenters. The van der Waals surface area contributed by atoms with Gasteiger partial charge in [0.1, 0.15) is 18.2 Å². The second kappa shape index (κ2) is 13.2. The van der Waals surface area contributed by atoms with Gasteiger partial charge in [0.25, 0.3) is 0 Å². The van der Waals surface area contributed by atoms with Crippen LogP contribution in [0.1, 0.15) is 20.8 Å². The van der Waals surface area contributed by atoms with Crippen LogP contribution < -0.4 is 0 Å². The molecule has 0 aromatic carbocycles. The van der Waals surface area contributed by atoms with Crippen LogP contribution in [0, 0.1) is 11.3 Å². The van der Waals surface area contributed by atoms with E-state index in [0.717, 1.165) is 11.4 Å².